The zero-order valence-corrected chi connectivity index (χ0v) is 10.6. The molecule has 0 amide bonds. The van der Waals surface area contributed by atoms with Crippen LogP contribution in [0.1, 0.15) is 31.1 Å². The van der Waals surface area contributed by atoms with E-state index in [9.17, 15) is 0 Å². The SMILES string of the molecule is CCNC(c1cnn(CC)c1)c1ccn(C)n1. The number of nitrogens with one attached hydrogen (secondary N) is 1. The minimum Gasteiger partial charge on any atom is -0.305 e. The van der Waals surface area contributed by atoms with E-state index in [-0.39, 0.29) is 6.04 Å². The highest BCUT2D eigenvalue weighted by Crippen LogP contribution is 2.19. The molecule has 5 nitrogen and oxygen atoms in total. The summed E-state index contributed by atoms with van der Waals surface area (Å²) in [5, 5.41) is 12.2. The lowest BCUT2D eigenvalue weighted by molar-refractivity contribution is 0.597. The molecule has 0 radical (unpaired) electrons. The lowest BCUT2D eigenvalue weighted by atomic mass is 10.1. The van der Waals surface area contributed by atoms with Crippen molar-refractivity contribution in [3.05, 3.63) is 35.9 Å². The van der Waals surface area contributed by atoms with Crippen LogP contribution in [0.4, 0.5) is 0 Å². The van der Waals surface area contributed by atoms with Crippen molar-refractivity contribution in [3.8, 4) is 0 Å². The zero-order chi connectivity index (χ0) is 12.3. The minimum absolute atomic E-state index is 0.126. The van der Waals surface area contributed by atoms with Crippen molar-refractivity contribution in [2.75, 3.05) is 6.54 Å². The molecule has 0 fully saturated rings. The van der Waals surface area contributed by atoms with E-state index in [1.165, 1.54) is 0 Å². The molecule has 0 aliphatic heterocycles. The highest BCUT2D eigenvalue weighted by Gasteiger charge is 2.17. The molecule has 2 aromatic rings. The third kappa shape index (κ3) is 2.55. The highest BCUT2D eigenvalue weighted by molar-refractivity contribution is 5.22. The van der Waals surface area contributed by atoms with Crippen molar-refractivity contribution in [1.29, 1.82) is 0 Å². The number of aromatic nitrogens is 4. The average molecular weight is 233 g/mol. The van der Waals surface area contributed by atoms with Gasteiger partial charge in [0.2, 0.25) is 0 Å². The molecule has 92 valence electrons. The van der Waals surface area contributed by atoms with Crippen LogP contribution in [-0.4, -0.2) is 26.1 Å². The molecule has 0 saturated heterocycles. The molecular weight excluding hydrogens is 214 g/mol. The van der Waals surface area contributed by atoms with E-state index in [2.05, 4.69) is 35.6 Å². The van der Waals surface area contributed by atoms with Crippen LogP contribution in [0.5, 0.6) is 0 Å². The van der Waals surface area contributed by atoms with Crippen LogP contribution in [0.2, 0.25) is 0 Å². The summed E-state index contributed by atoms with van der Waals surface area (Å²) in [6, 6.07) is 2.16. The fourth-order valence-corrected chi connectivity index (χ4v) is 1.89. The van der Waals surface area contributed by atoms with E-state index >= 15 is 0 Å². The Morgan fingerprint density at radius 3 is 2.76 bits per heavy atom. The summed E-state index contributed by atoms with van der Waals surface area (Å²) in [5.74, 6) is 0. The third-order valence-corrected chi connectivity index (χ3v) is 2.75. The van der Waals surface area contributed by atoms with Gasteiger partial charge in [-0.05, 0) is 19.5 Å². The molecule has 2 heterocycles. The van der Waals surface area contributed by atoms with Crippen LogP contribution in [0, 0.1) is 0 Å². The van der Waals surface area contributed by atoms with Gasteiger partial charge in [-0.2, -0.15) is 10.2 Å². The van der Waals surface area contributed by atoms with Gasteiger partial charge in [0.05, 0.1) is 17.9 Å². The summed E-state index contributed by atoms with van der Waals surface area (Å²) in [4.78, 5) is 0. The maximum Gasteiger partial charge on any atom is 0.0840 e. The monoisotopic (exact) mass is 233 g/mol. The number of aryl methyl sites for hydroxylation is 2. The van der Waals surface area contributed by atoms with Crippen molar-refractivity contribution in [1.82, 2.24) is 24.9 Å². The van der Waals surface area contributed by atoms with Crippen molar-refractivity contribution in [2.24, 2.45) is 7.05 Å². The van der Waals surface area contributed by atoms with Crippen LogP contribution >= 0.6 is 0 Å². The van der Waals surface area contributed by atoms with Crippen molar-refractivity contribution in [2.45, 2.75) is 26.4 Å². The number of nitrogens with zero attached hydrogens (tertiary/aromatic N) is 4. The molecule has 0 aromatic carbocycles. The summed E-state index contributed by atoms with van der Waals surface area (Å²) in [6.45, 7) is 5.97. The van der Waals surface area contributed by atoms with Gasteiger partial charge in [-0.15, -0.1) is 0 Å². The molecule has 0 aliphatic rings. The number of rotatable bonds is 5. The smallest absolute Gasteiger partial charge is 0.0840 e. The topological polar surface area (TPSA) is 47.7 Å². The summed E-state index contributed by atoms with van der Waals surface area (Å²) in [5.41, 5.74) is 2.19. The predicted octanol–water partition coefficient (Wildman–Crippen LogP) is 1.34. The van der Waals surface area contributed by atoms with Gasteiger partial charge in [-0.3, -0.25) is 9.36 Å². The van der Waals surface area contributed by atoms with E-state index in [4.69, 9.17) is 0 Å². The van der Waals surface area contributed by atoms with E-state index in [0.717, 1.165) is 24.3 Å². The third-order valence-electron chi connectivity index (χ3n) is 2.75. The van der Waals surface area contributed by atoms with Crippen molar-refractivity contribution in [3.63, 3.8) is 0 Å². The molecule has 1 unspecified atom stereocenters. The normalized spacial score (nSPS) is 12.9. The van der Waals surface area contributed by atoms with Crippen LogP contribution in [0.25, 0.3) is 0 Å². The van der Waals surface area contributed by atoms with E-state index in [1.807, 2.05) is 34.9 Å². The Labute approximate surface area is 101 Å². The molecule has 1 atom stereocenters. The van der Waals surface area contributed by atoms with Gasteiger partial charge in [0.1, 0.15) is 0 Å². The van der Waals surface area contributed by atoms with Gasteiger partial charge in [-0.25, -0.2) is 0 Å². The van der Waals surface area contributed by atoms with E-state index in [0.29, 0.717) is 0 Å². The second-order valence-corrected chi connectivity index (χ2v) is 4.03. The van der Waals surface area contributed by atoms with Crippen molar-refractivity contribution >= 4 is 0 Å². The second kappa shape index (κ2) is 5.14. The Morgan fingerprint density at radius 1 is 1.41 bits per heavy atom. The minimum atomic E-state index is 0.126. The van der Waals surface area contributed by atoms with Crippen LogP contribution < -0.4 is 5.32 Å². The average Bonchev–Trinajstić information content (AvgIpc) is 2.94. The molecule has 0 bridgehead atoms. The second-order valence-electron chi connectivity index (χ2n) is 4.03. The number of hydrogen-bond donors (Lipinski definition) is 1. The Morgan fingerprint density at radius 2 is 2.24 bits per heavy atom. The molecular formula is C12H19N5. The van der Waals surface area contributed by atoms with Gasteiger partial charge in [-0.1, -0.05) is 6.92 Å². The predicted molar refractivity (Wildman–Crippen MR) is 66.6 cm³/mol. The first kappa shape index (κ1) is 11.9. The van der Waals surface area contributed by atoms with Gasteiger partial charge in [0, 0.05) is 31.5 Å². The standard InChI is InChI=1S/C12H19N5/c1-4-13-12(11-6-7-16(3)15-11)10-8-14-17(5-2)9-10/h6-9,12-13H,4-5H2,1-3H3. The molecule has 2 aromatic heterocycles. The first-order valence-electron chi connectivity index (χ1n) is 5.99. The van der Waals surface area contributed by atoms with E-state index in [1.54, 1.807) is 0 Å². The van der Waals surface area contributed by atoms with Gasteiger partial charge in [0.25, 0.3) is 0 Å². The van der Waals surface area contributed by atoms with Gasteiger partial charge in [0.15, 0.2) is 0 Å². The first-order chi connectivity index (χ1) is 8.24. The van der Waals surface area contributed by atoms with Gasteiger partial charge >= 0.3 is 0 Å². The molecule has 5 heteroatoms. The van der Waals surface area contributed by atoms with Crippen LogP contribution in [-0.2, 0) is 13.6 Å². The summed E-state index contributed by atoms with van der Waals surface area (Å²) in [7, 11) is 1.93. The van der Waals surface area contributed by atoms with Crippen molar-refractivity contribution < 1.29 is 0 Å². The summed E-state index contributed by atoms with van der Waals surface area (Å²) in [6.07, 6.45) is 5.94. The molecule has 2 rings (SSSR count). The van der Waals surface area contributed by atoms with Crippen LogP contribution in [0.3, 0.4) is 0 Å². The van der Waals surface area contributed by atoms with E-state index < -0.39 is 0 Å². The first-order valence-corrected chi connectivity index (χ1v) is 5.99. The molecule has 17 heavy (non-hydrogen) atoms. The fraction of sp³-hybridized carbons (Fsp3) is 0.500. The molecule has 0 saturated carbocycles. The summed E-state index contributed by atoms with van der Waals surface area (Å²) < 4.78 is 3.76. The summed E-state index contributed by atoms with van der Waals surface area (Å²) >= 11 is 0. The fourth-order valence-electron chi connectivity index (χ4n) is 1.89. The largest absolute Gasteiger partial charge is 0.305 e. The Hall–Kier alpha value is -1.62. The molecule has 0 spiro atoms. The maximum absolute atomic E-state index is 4.46. The lowest BCUT2D eigenvalue weighted by Crippen LogP contribution is -2.22. The quantitative estimate of drug-likeness (QED) is 0.847. The highest BCUT2D eigenvalue weighted by atomic mass is 15.3. The zero-order valence-electron chi connectivity index (χ0n) is 10.6. The Bertz CT molecular complexity index is 471. The lowest BCUT2D eigenvalue weighted by Gasteiger charge is -2.13. The maximum atomic E-state index is 4.46. The number of hydrogen-bond acceptors (Lipinski definition) is 3. The van der Waals surface area contributed by atoms with Gasteiger partial charge < -0.3 is 5.32 Å². The Balaban J connectivity index is 2.28. The Kier molecular flexibility index (Phi) is 3.58. The molecule has 1 N–H and O–H groups in total. The molecule has 0 aliphatic carbocycles. The van der Waals surface area contributed by atoms with Crippen LogP contribution in [0.15, 0.2) is 24.7 Å².